The number of piperidine rings is 1. The Morgan fingerprint density at radius 1 is 1.45 bits per heavy atom. The Bertz CT molecular complexity index is 513. The third-order valence-corrected chi connectivity index (χ3v) is 5.23. The van der Waals surface area contributed by atoms with Crippen molar-refractivity contribution in [3.8, 4) is 0 Å². The van der Waals surface area contributed by atoms with Crippen LogP contribution in [0.25, 0.3) is 0 Å². The number of likely N-dealkylation sites (tertiary alicyclic amines) is 1. The Kier molecular flexibility index (Phi) is 3.55. The smallest absolute Gasteiger partial charge is 0.310 e. The maximum atomic E-state index is 11.6. The number of hydrogen-bond acceptors (Lipinski definition) is 2. The molecule has 1 aliphatic carbocycles. The Hall–Kier alpha value is -1.35. The Balaban J connectivity index is 1.66. The van der Waals surface area contributed by atoms with E-state index in [0.717, 1.165) is 45.3 Å². The van der Waals surface area contributed by atoms with Gasteiger partial charge >= 0.3 is 5.97 Å². The molecule has 1 aromatic carbocycles. The van der Waals surface area contributed by atoms with Crippen molar-refractivity contribution in [2.45, 2.75) is 38.5 Å². The monoisotopic (exact) mass is 273 g/mol. The van der Waals surface area contributed by atoms with Crippen LogP contribution in [-0.2, 0) is 11.2 Å². The number of carbonyl (C=O) groups is 1. The molecule has 0 aromatic heterocycles. The molecule has 2 aliphatic rings. The minimum atomic E-state index is -0.612. The Morgan fingerprint density at radius 3 is 2.95 bits per heavy atom. The molecule has 2 atom stereocenters. The lowest BCUT2D eigenvalue weighted by molar-refractivity contribution is -0.153. The van der Waals surface area contributed by atoms with Gasteiger partial charge in [-0.2, -0.15) is 0 Å². The van der Waals surface area contributed by atoms with E-state index in [4.69, 9.17) is 0 Å². The van der Waals surface area contributed by atoms with Crippen molar-refractivity contribution in [3.63, 3.8) is 0 Å². The fourth-order valence-electron chi connectivity index (χ4n) is 3.83. The molecule has 0 amide bonds. The van der Waals surface area contributed by atoms with Crippen molar-refractivity contribution in [1.82, 2.24) is 4.90 Å². The summed E-state index contributed by atoms with van der Waals surface area (Å²) in [7, 11) is 0. The van der Waals surface area contributed by atoms with Crippen LogP contribution in [0.2, 0.25) is 0 Å². The molecule has 1 aromatic rings. The molecular weight excluding hydrogens is 250 g/mol. The Morgan fingerprint density at radius 2 is 2.25 bits per heavy atom. The van der Waals surface area contributed by atoms with E-state index in [1.807, 2.05) is 6.92 Å². The van der Waals surface area contributed by atoms with Gasteiger partial charge in [-0.1, -0.05) is 31.2 Å². The van der Waals surface area contributed by atoms with E-state index in [-0.39, 0.29) is 0 Å². The van der Waals surface area contributed by atoms with Crippen LogP contribution in [0.5, 0.6) is 0 Å². The van der Waals surface area contributed by atoms with Gasteiger partial charge < -0.3 is 10.0 Å². The molecule has 0 spiro atoms. The fraction of sp³-hybridized carbons (Fsp3) is 0.588. The topological polar surface area (TPSA) is 40.5 Å². The number of fused-ring (bicyclic) bond motifs is 1. The number of carboxylic acids is 1. The van der Waals surface area contributed by atoms with Crippen LogP contribution >= 0.6 is 0 Å². The van der Waals surface area contributed by atoms with E-state index in [9.17, 15) is 9.90 Å². The first kappa shape index (κ1) is 13.6. The lowest BCUT2D eigenvalue weighted by atomic mass is 9.75. The summed E-state index contributed by atoms with van der Waals surface area (Å²) in [5.41, 5.74) is 2.42. The first-order valence-electron chi connectivity index (χ1n) is 7.68. The third-order valence-electron chi connectivity index (χ3n) is 5.23. The maximum Gasteiger partial charge on any atom is 0.310 e. The largest absolute Gasteiger partial charge is 0.481 e. The van der Waals surface area contributed by atoms with E-state index in [1.165, 1.54) is 11.1 Å². The second-order valence-electron chi connectivity index (χ2n) is 6.38. The van der Waals surface area contributed by atoms with Crippen LogP contribution < -0.4 is 0 Å². The van der Waals surface area contributed by atoms with Crippen molar-refractivity contribution in [2.75, 3.05) is 19.6 Å². The van der Waals surface area contributed by atoms with Gasteiger partial charge in [-0.3, -0.25) is 4.79 Å². The van der Waals surface area contributed by atoms with Gasteiger partial charge in [-0.15, -0.1) is 0 Å². The summed E-state index contributed by atoms with van der Waals surface area (Å²) in [6.07, 6.45) is 3.73. The molecular formula is C17H23NO2. The predicted octanol–water partition coefficient (Wildman–Crippen LogP) is 2.90. The van der Waals surface area contributed by atoms with Crippen molar-refractivity contribution >= 4 is 5.97 Å². The summed E-state index contributed by atoms with van der Waals surface area (Å²) in [6, 6.07) is 8.63. The van der Waals surface area contributed by atoms with Gasteiger partial charge in [0.15, 0.2) is 0 Å². The van der Waals surface area contributed by atoms with Gasteiger partial charge in [0.2, 0.25) is 0 Å². The van der Waals surface area contributed by atoms with Crippen LogP contribution in [0.15, 0.2) is 24.3 Å². The number of aliphatic carboxylic acids is 1. The number of hydrogen-bond donors (Lipinski definition) is 1. The van der Waals surface area contributed by atoms with Gasteiger partial charge in [0.1, 0.15) is 0 Å². The minimum Gasteiger partial charge on any atom is -0.481 e. The zero-order chi connectivity index (χ0) is 14.2. The zero-order valence-corrected chi connectivity index (χ0v) is 12.1. The molecule has 1 N–H and O–H groups in total. The first-order chi connectivity index (χ1) is 9.64. The van der Waals surface area contributed by atoms with Crippen LogP contribution in [0.4, 0.5) is 0 Å². The SMILES string of the molecule is CCC1(C(=O)O)CCCN(CC2Cc3ccccc32)C1. The van der Waals surface area contributed by atoms with E-state index in [2.05, 4.69) is 29.2 Å². The number of rotatable bonds is 4. The van der Waals surface area contributed by atoms with Gasteiger partial charge in [0.25, 0.3) is 0 Å². The normalized spacial score (nSPS) is 29.6. The molecule has 3 nitrogen and oxygen atoms in total. The van der Waals surface area contributed by atoms with Crippen LogP contribution in [0, 0.1) is 5.41 Å². The minimum absolute atomic E-state index is 0.512. The average molecular weight is 273 g/mol. The second-order valence-corrected chi connectivity index (χ2v) is 6.38. The molecule has 0 bridgehead atoms. The van der Waals surface area contributed by atoms with Gasteiger partial charge in [0.05, 0.1) is 5.41 Å². The fourth-order valence-corrected chi connectivity index (χ4v) is 3.83. The van der Waals surface area contributed by atoms with E-state index in [0.29, 0.717) is 5.92 Å². The van der Waals surface area contributed by atoms with E-state index >= 15 is 0 Å². The van der Waals surface area contributed by atoms with E-state index < -0.39 is 11.4 Å². The number of benzene rings is 1. The predicted molar refractivity (Wildman–Crippen MR) is 78.9 cm³/mol. The van der Waals surface area contributed by atoms with Crippen molar-refractivity contribution in [3.05, 3.63) is 35.4 Å². The van der Waals surface area contributed by atoms with Crippen molar-refractivity contribution < 1.29 is 9.90 Å². The molecule has 20 heavy (non-hydrogen) atoms. The van der Waals surface area contributed by atoms with Crippen LogP contribution in [0.1, 0.15) is 43.2 Å². The third kappa shape index (κ3) is 2.24. The molecule has 2 unspecified atom stereocenters. The van der Waals surface area contributed by atoms with Gasteiger partial charge in [-0.25, -0.2) is 0 Å². The lowest BCUT2D eigenvalue weighted by Gasteiger charge is -2.42. The molecule has 0 radical (unpaired) electrons. The second kappa shape index (κ2) is 5.21. The summed E-state index contributed by atoms with van der Waals surface area (Å²) in [5, 5.41) is 9.54. The standard InChI is InChI=1S/C17H23NO2/c1-2-17(16(19)20)8-5-9-18(12-17)11-14-10-13-6-3-4-7-15(13)14/h3-4,6-7,14H,2,5,8-12H2,1H3,(H,19,20). The molecule has 1 saturated heterocycles. The highest BCUT2D eigenvalue weighted by Crippen LogP contribution is 2.38. The highest BCUT2D eigenvalue weighted by atomic mass is 16.4. The van der Waals surface area contributed by atoms with Crippen molar-refractivity contribution in [2.24, 2.45) is 5.41 Å². The summed E-state index contributed by atoms with van der Waals surface area (Å²) in [6.45, 7) is 4.80. The van der Waals surface area contributed by atoms with Gasteiger partial charge in [-0.05, 0) is 43.4 Å². The van der Waals surface area contributed by atoms with Crippen molar-refractivity contribution in [1.29, 1.82) is 0 Å². The summed E-state index contributed by atoms with van der Waals surface area (Å²) < 4.78 is 0. The lowest BCUT2D eigenvalue weighted by Crippen LogP contribution is -2.49. The average Bonchev–Trinajstić information content (AvgIpc) is 2.45. The van der Waals surface area contributed by atoms with Gasteiger partial charge in [0, 0.05) is 19.0 Å². The summed E-state index contributed by atoms with van der Waals surface area (Å²) >= 11 is 0. The Labute approximate surface area is 120 Å². The molecule has 3 rings (SSSR count). The highest BCUT2D eigenvalue weighted by Gasteiger charge is 2.41. The maximum absolute atomic E-state index is 11.6. The molecule has 0 saturated carbocycles. The van der Waals surface area contributed by atoms with E-state index in [1.54, 1.807) is 0 Å². The molecule has 3 heteroatoms. The number of nitrogens with zero attached hydrogens (tertiary/aromatic N) is 1. The molecule has 108 valence electrons. The zero-order valence-electron chi connectivity index (χ0n) is 12.1. The van der Waals surface area contributed by atoms with Crippen LogP contribution in [0.3, 0.4) is 0 Å². The molecule has 1 heterocycles. The summed E-state index contributed by atoms with van der Waals surface area (Å²) in [4.78, 5) is 14.0. The quantitative estimate of drug-likeness (QED) is 0.917. The summed E-state index contributed by atoms with van der Waals surface area (Å²) in [5.74, 6) is -0.00800. The number of carboxylic acid groups (broad SMARTS) is 1. The van der Waals surface area contributed by atoms with Crippen LogP contribution in [-0.4, -0.2) is 35.6 Å². The first-order valence-corrected chi connectivity index (χ1v) is 7.68. The molecule has 1 aliphatic heterocycles. The molecule has 1 fully saturated rings. The highest BCUT2D eigenvalue weighted by molar-refractivity contribution is 5.75.